The zero-order valence-corrected chi connectivity index (χ0v) is 11.1. The van der Waals surface area contributed by atoms with Gasteiger partial charge in [0.1, 0.15) is 0 Å². The molecule has 1 aliphatic rings. The second-order valence-electron chi connectivity index (χ2n) is 4.90. The Morgan fingerprint density at radius 3 is 2.65 bits per heavy atom. The average molecular weight is 249 g/mol. The molecule has 1 fully saturated rings. The molecule has 1 aromatic rings. The summed E-state index contributed by atoms with van der Waals surface area (Å²) in [7, 11) is 0. The first-order valence-corrected chi connectivity index (χ1v) is 6.77. The lowest BCUT2D eigenvalue weighted by atomic mass is 10.0. The van der Waals surface area contributed by atoms with E-state index < -0.39 is 0 Å². The fourth-order valence-electron chi connectivity index (χ4n) is 2.41. The number of benzene rings is 1. The predicted octanol–water partition coefficient (Wildman–Crippen LogP) is 2.57. The van der Waals surface area contributed by atoms with E-state index in [1.807, 2.05) is 23.1 Å². The molecule has 0 N–H and O–H groups in total. The number of nitrogens with zero attached hydrogens (tertiary/aromatic N) is 1. The molecule has 92 valence electrons. The van der Waals surface area contributed by atoms with Gasteiger partial charge in [0.05, 0.1) is 0 Å². The first-order valence-electron chi connectivity index (χ1n) is 6.14. The summed E-state index contributed by atoms with van der Waals surface area (Å²) in [5.41, 5.74) is 1.27. The minimum Gasteiger partial charge on any atom is -0.342 e. The van der Waals surface area contributed by atoms with Crippen LogP contribution < -0.4 is 0 Å². The van der Waals surface area contributed by atoms with Crippen LogP contribution in [0.25, 0.3) is 0 Å². The van der Waals surface area contributed by atoms with Crippen LogP contribution >= 0.6 is 12.6 Å². The third-order valence-corrected chi connectivity index (χ3v) is 3.78. The smallest absolute Gasteiger partial charge is 0.222 e. The van der Waals surface area contributed by atoms with Crippen LogP contribution in [0.1, 0.15) is 24.8 Å². The second kappa shape index (κ2) is 5.58. The van der Waals surface area contributed by atoms with Crippen LogP contribution in [0.3, 0.4) is 0 Å². The molecule has 17 heavy (non-hydrogen) atoms. The van der Waals surface area contributed by atoms with E-state index in [0.717, 1.165) is 18.8 Å². The average Bonchev–Trinajstić information content (AvgIpc) is 2.66. The van der Waals surface area contributed by atoms with Gasteiger partial charge in [0, 0.05) is 25.4 Å². The lowest BCUT2D eigenvalue weighted by molar-refractivity contribution is -0.127. The Labute approximate surface area is 108 Å². The normalized spacial score (nSPS) is 21.9. The van der Waals surface area contributed by atoms with Crippen LogP contribution in [0.2, 0.25) is 0 Å². The minimum absolute atomic E-state index is 0.292. The lowest BCUT2D eigenvalue weighted by Crippen LogP contribution is -2.30. The van der Waals surface area contributed by atoms with Gasteiger partial charge in [0.15, 0.2) is 0 Å². The Morgan fingerprint density at radius 2 is 2.12 bits per heavy atom. The highest BCUT2D eigenvalue weighted by atomic mass is 32.1. The summed E-state index contributed by atoms with van der Waals surface area (Å²) in [5, 5.41) is 0. The first-order chi connectivity index (χ1) is 8.20. The van der Waals surface area contributed by atoms with Crippen LogP contribution in [-0.4, -0.2) is 29.6 Å². The van der Waals surface area contributed by atoms with Crippen LogP contribution in [0.5, 0.6) is 0 Å². The van der Waals surface area contributed by atoms with Crippen molar-refractivity contribution in [2.75, 3.05) is 18.8 Å². The molecule has 3 heteroatoms. The van der Waals surface area contributed by atoms with Gasteiger partial charge >= 0.3 is 0 Å². The Bertz CT molecular complexity index is 379. The molecule has 2 nitrogen and oxygen atoms in total. The van der Waals surface area contributed by atoms with Crippen molar-refractivity contribution in [2.45, 2.75) is 19.3 Å². The highest BCUT2D eigenvalue weighted by molar-refractivity contribution is 7.80. The Morgan fingerprint density at radius 1 is 1.41 bits per heavy atom. The topological polar surface area (TPSA) is 20.3 Å². The summed E-state index contributed by atoms with van der Waals surface area (Å²) < 4.78 is 0. The summed E-state index contributed by atoms with van der Waals surface area (Å²) in [4.78, 5) is 13.8. The monoisotopic (exact) mass is 249 g/mol. The standard InChI is InChI=1S/C14H19NOS/c1-11-7-14(16)15(8-11)9-13(10-17)12-5-3-2-4-6-12/h2-6,11,13,17H,7-10H2,1H3. The SMILES string of the molecule is CC1CC(=O)N(CC(CS)c2ccccc2)C1. The first kappa shape index (κ1) is 12.5. The molecule has 0 spiro atoms. The molecule has 1 aromatic carbocycles. The van der Waals surface area contributed by atoms with E-state index in [1.54, 1.807) is 0 Å². The van der Waals surface area contributed by atoms with Crippen molar-refractivity contribution in [3.8, 4) is 0 Å². The third kappa shape index (κ3) is 3.03. The highest BCUT2D eigenvalue weighted by Gasteiger charge is 2.28. The number of carbonyl (C=O) groups is 1. The van der Waals surface area contributed by atoms with Gasteiger partial charge in [-0.1, -0.05) is 37.3 Å². The molecule has 2 rings (SSSR count). The molecule has 0 radical (unpaired) electrons. The minimum atomic E-state index is 0.292. The molecule has 2 unspecified atom stereocenters. The maximum absolute atomic E-state index is 11.8. The summed E-state index contributed by atoms with van der Waals surface area (Å²) >= 11 is 4.41. The van der Waals surface area contributed by atoms with Gasteiger partial charge in [0.2, 0.25) is 5.91 Å². The molecule has 0 saturated carbocycles. The quantitative estimate of drug-likeness (QED) is 0.813. The molecule has 0 bridgehead atoms. The third-order valence-electron chi connectivity index (χ3n) is 3.34. The van der Waals surface area contributed by atoms with Crippen molar-refractivity contribution in [3.05, 3.63) is 35.9 Å². The lowest BCUT2D eigenvalue weighted by Gasteiger charge is -2.23. The summed E-state index contributed by atoms with van der Waals surface area (Å²) in [6.45, 7) is 3.84. The number of rotatable bonds is 4. The summed E-state index contributed by atoms with van der Waals surface area (Å²) in [5.74, 6) is 1.91. The molecule has 1 amide bonds. The Hall–Kier alpha value is -0.960. The van der Waals surface area contributed by atoms with Crippen molar-refractivity contribution in [1.82, 2.24) is 4.90 Å². The van der Waals surface area contributed by atoms with Gasteiger partial charge in [-0.3, -0.25) is 4.79 Å². The zero-order chi connectivity index (χ0) is 12.3. The van der Waals surface area contributed by atoms with Crippen molar-refractivity contribution in [3.63, 3.8) is 0 Å². The fourth-order valence-corrected chi connectivity index (χ4v) is 2.73. The van der Waals surface area contributed by atoms with Gasteiger partial charge in [0.25, 0.3) is 0 Å². The highest BCUT2D eigenvalue weighted by Crippen LogP contribution is 2.23. The molecule has 1 saturated heterocycles. The summed E-state index contributed by atoms with van der Waals surface area (Å²) in [6, 6.07) is 10.3. The molecular weight excluding hydrogens is 230 g/mol. The van der Waals surface area contributed by atoms with Crippen molar-refractivity contribution < 1.29 is 4.79 Å². The molecule has 1 aliphatic heterocycles. The van der Waals surface area contributed by atoms with Gasteiger partial charge in [-0.25, -0.2) is 0 Å². The maximum atomic E-state index is 11.8. The van der Waals surface area contributed by atoms with E-state index in [4.69, 9.17) is 0 Å². The fraction of sp³-hybridized carbons (Fsp3) is 0.500. The molecule has 0 aromatic heterocycles. The molecular formula is C14H19NOS. The summed E-state index contributed by atoms with van der Waals surface area (Å²) in [6.07, 6.45) is 0.702. The van der Waals surface area contributed by atoms with E-state index >= 15 is 0 Å². The molecule has 2 atom stereocenters. The number of hydrogen-bond acceptors (Lipinski definition) is 2. The van der Waals surface area contributed by atoms with Crippen molar-refractivity contribution >= 4 is 18.5 Å². The van der Waals surface area contributed by atoms with E-state index in [2.05, 4.69) is 31.7 Å². The van der Waals surface area contributed by atoms with Crippen LogP contribution in [0, 0.1) is 5.92 Å². The Balaban J connectivity index is 2.03. The number of likely N-dealkylation sites (tertiary alicyclic amines) is 1. The van der Waals surface area contributed by atoms with E-state index in [9.17, 15) is 4.79 Å². The Kier molecular flexibility index (Phi) is 4.11. The van der Waals surface area contributed by atoms with Gasteiger partial charge in [-0.2, -0.15) is 12.6 Å². The predicted molar refractivity (Wildman–Crippen MR) is 73.4 cm³/mol. The number of amides is 1. The van der Waals surface area contributed by atoms with E-state index in [1.165, 1.54) is 5.56 Å². The van der Waals surface area contributed by atoms with Gasteiger partial charge in [-0.15, -0.1) is 0 Å². The van der Waals surface area contributed by atoms with E-state index in [0.29, 0.717) is 24.2 Å². The van der Waals surface area contributed by atoms with Crippen LogP contribution in [0.15, 0.2) is 30.3 Å². The second-order valence-corrected chi connectivity index (χ2v) is 5.26. The molecule has 1 heterocycles. The molecule has 0 aliphatic carbocycles. The van der Waals surface area contributed by atoms with E-state index in [-0.39, 0.29) is 0 Å². The largest absolute Gasteiger partial charge is 0.342 e. The number of carbonyl (C=O) groups excluding carboxylic acids is 1. The van der Waals surface area contributed by atoms with Crippen molar-refractivity contribution in [1.29, 1.82) is 0 Å². The van der Waals surface area contributed by atoms with Gasteiger partial charge < -0.3 is 4.90 Å². The van der Waals surface area contributed by atoms with Crippen molar-refractivity contribution in [2.24, 2.45) is 5.92 Å². The van der Waals surface area contributed by atoms with Crippen LogP contribution in [-0.2, 0) is 4.79 Å². The van der Waals surface area contributed by atoms with Gasteiger partial charge in [-0.05, 0) is 17.2 Å². The number of thiol groups is 1. The zero-order valence-electron chi connectivity index (χ0n) is 10.2. The van der Waals surface area contributed by atoms with Crippen LogP contribution in [0.4, 0.5) is 0 Å². The maximum Gasteiger partial charge on any atom is 0.222 e. The number of hydrogen-bond donors (Lipinski definition) is 1.